The molecule has 0 spiro atoms. The Labute approximate surface area is 90.8 Å². The van der Waals surface area contributed by atoms with Crippen molar-refractivity contribution < 1.29 is 15.0 Å². The van der Waals surface area contributed by atoms with Crippen LogP contribution in [-0.4, -0.2) is 31.2 Å². The molecule has 0 unspecified atom stereocenters. The molecule has 0 saturated carbocycles. The van der Waals surface area contributed by atoms with Crippen LogP contribution in [0.1, 0.15) is 0 Å². The van der Waals surface area contributed by atoms with E-state index in [1.807, 2.05) is 0 Å². The smallest absolute Gasteiger partial charge is 0.325 e. The monoisotopic (exact) mass is 219 g/mol. The van der Waals surface area contributed by atoms with Crippen LogP contribution >= 0.6 is 0 Å². The van der Waals surface area contributed by atoms with Crippen LogP contribution in [0.5, 0.6) is 5.75 Å². The van der Waals surface area contributed by atoms with Gasteiger partial charge in [-0.25, -0.2) is 4.68 Å². The van der Waals surface area contributed by atoms with Gasteiger partial charge in [-0.15, -0.1) is 5.10 Å². The second kappa shape index (κ2) is 4.01. The Bertz CT molecular complexity index is 522. The van der Waals surface area contributed by atoms with Gasteiger partial charge in [0.1, 0.15) is 12.3 Å². The van der Waals surface area contributed by atoms with Crippen molar-refractivity contribution in [1.82, 2.24) is 15.0 Å². The maximum Gasteiger partial charge on any atom is 0.325 e. The maximum atomic E-state index is 10.6. The summed E-state index contributed by atoms with van der Waals surface area (Å²) in [6.07, 6.45) is 1.46. The fourth-order valence-electron chi connectivity index (χ4n) is 1.39. The first-order valence-electron chi connectivity index (χ1n) is 4.56. The number of aromatic nitrogens is 3. The summed E-state index contributed by atoms with van der Waals surface area (Å²) >= 11 is 0. The first-order chi connectivity index (χ1) is 7.66. The number of phenolic OH excluding ortho intramolecular Hbond substituents is 1. The molecule has 1 heterocycles. The molecule has 1 aromatic carbocycles. The molecule has 0 bridgehead atoms. The fraction of sp³-hybridized carbons (Fsp3) is 0.100. The Morgan fingerprint density at radius 3 is 2.94 bits per heavy atom. The Balaban J connectivity index is 2.40. The summed E-state index contributed by atoms with van der Waals surface area (Å²) in [6, 6.07) is 6.48. The predicted molar refractivity (Wildman–Crippen MR) is 54.8 cm³/mol. The standard InChI is InChI=1S/C10H9N3O3/c14-8-3-1-2-7(4-8)9-5-11-12-13(9)6-10(15)16/h1-5,14H,6H2,(H,15,16). The number of rotatable bonds is 3. The number of aromatic hydroxyl groups is 1. The van der Waals surface area contributed by atoms with E-state index in [4.69, 9.17) is 5.11 Å². The molecule has 0 saturated heterocycles. The highest BCUT2D eigenvalue weighted by Gasteiger charge is 2.09. The molecule has 0 aliphatic heterocycles. The number of hydrogen-bond acceptors (Lipinski definition) is 4. The highest BCUT2D eigenvalue weighted by molar-refractivity contribution is 5.68. The maximum absolute atomic E-state index is 10.6. The molecule has 0 aliphatic rings. The van der Waals surface area contributed by atoms with Crippen molar-refractivity contribution in [3.05, 3.63) is 30.5 Å². The van der Waals surface area contributed by atoms with Crippen LogP contribution in [0.4, 0.5) is 0 Å². The molecule has 6 heteroatoms. The normalized spacial score (nSPS) is 10.2. The molecule has 2 rings (SSSR count). The zero-order valence-corrected chi connectivity index (χ0v) is 8.24. The number of carboxylic acids is 1. The number of aliphatic carboxylic acids is 1. The van der Waals surface area contributed by atoms with E-state index in [-0.39, 0.29) is 12.3 Å². The van der Waals surface area contributed by atoms with Gasteiger partial charge >= 0.3 is 5.97 Å². The average molecular weight is 219 g/mol. The number of carboxylic acid groups (broad SMARTS) is 1. The Kier molecular flexibility index (Phi) is 2.55. The number of nitrogens with zero attached hydrogens (tertiary/aromatic N) is 3. The second-order valence-corrected chi connectivity index (χ2v) is 3.22. The van der Waals surface area contributed by atoms with Gasteiger partial charge in [0.25, 0.3) is 0 Å². The summed E-state index contributed by atoms with van der Waals surface area (Å²) in [7, 11) is 0. The third-order valence-corrected chi connectivity index (χ3v) is 2.04. The van der Waals surface area contributed by atoms with Crippen LogP contribution in [0, 0.1) is 0 Å². The van der Waals surface area contributed by atoms with Crippen molar-refractivity contribution in [3.63, 3.8) is 0 Å². The van der Waals surface area contributed by atoms with Crippen molar-refractivity contribution in [2.24, 2.45) is 0 Å². The average Bonchev–Trinajstić information content (AvgIpc) is 2.65. The number of phenols is 1. The van der Waals surface area contributed by atoms with E-state index < -0.39 is 5.97 Å². The van der Waals surface area contributed by atoms with E-state index in [1.54, 1.807) is 12.1 Å². The zero-order chi connectivity index (χ0) is 11.5. The van der Waals surface area contributed by atoms with Crippen LogP contribution in [0.3, 0.4) is 0 Å². The minimum absolute atomic E-state index is 0.112. The Morgan fingerprint density at radius 2 is 2.25 bits per heavy atom. The summed E-state index contributed by atoms with van der Waals surface area (Å²) in [5.41, 5.74) is 1.23. The Hall–Kier alpha value is -2.37. The van der Waals surface area contributed by atoms with Crippen LogP contribution in [0.25, 0.3) is 11.3 Å². The van der Waals surface area contributed by atoms with Gasteiger partial charge in [-0.2, -0.15) is 0 Å². The summed E-state index contributed by atoms with van der Waals surface area (Å²) in [5.74, 6) is -0.882. The van der Waals surface area contributed by atoms with Crippen LogP contribution in [0.2, 0.25) is 0 Å². The first kappa shape index (κ1) is 10.2. The second-order valence-electron chi connectivity index (χ2n) is 3.22. The number of benzene rings is 1. The molecule has 2 N–H and O–H groups in total. The largest absolute Gasteiger partial charge is 0.508 e. The predicted octanol–water partition coefficient (Wildman–Crippen LogP) is 0.735. The quantitative estimate of drug-likeness (QED) is 0.794. The lowest BCUT2D eigenvalue weighted by Crippen LogP contribution is -2.11. The summed E-state index contributed by atoms with van der Waals surface area (Å²) in [4.78, 5) is 10.6. The topological polar surface area (TPSA) is 88.2 Å². The van der Waals surface area contributed by atoms with Gasteiger partial charge in [0.2, 0.25) is 0 Å². The minimum atomic E-state index is -0.994. The lowest BCUT2D eigenvalue weighted by molar-refractivity contribution is -0.137. The highest BCUT2D eigenvalue weighted by atomic mass is 16.4. The molecule has 0 fully saturated rings. The first-order valence-corrected chi connectivity index (χ1v) is 4.56. The van der Waals surface area contributed by atoms with E-state index in [0.717, 1.165) is 0 Å². The van der Waals surface area contributed by atoms with Crippen LogP contribution < -0.4 is 0 Å². The summed E-state index contributed by atoms with van der Waals surface area (Å²) in [5, 5.41) is 25.3. The molecule has 0 amide bonds. The molecule has 0 radical (unpaired) electrons. The van der Waals surface area contributed by atoms with E-state index >= 15 is 0 Å². The molecular formula is C10H9N3O3. The van der Waals surface area contributed by atoms with Gasteiger partial charge in [0.15, 0.2) is 0 Å². The summed E-state index contributed by atoms with van der Waals surface area (Å²) in [6.45, 7) is -0.259. The molecule has 82 valence electrons. The summed E-state index contributed by atoms with van der Waals surface area (Å²) < 4.78 is 1.26. The molecule has 16 heavy (non-hydrogen) atoms. The molecule has 1 aromatic heterocycles. The van der Waals surface area contributed by atoms with Crippen LogP contribution in [0.15, 0.2) is 30.5 Å². The molecule has 6 nitrogen and oxygen atoms in total. The van der Waals surface area contributed by atoms with Crippen molar-refractivity contribution in [2.45, 2.75) is 6.54 Å². The van der Waals surface area contributed by atoms with E-state index in [1.165, 1.54) is 23.0 Å². The van der Waals surface area contributed by atoms with E-state index in [2.05, 4.69) is 10.3 Å². The van der Waals surface area contributed by atoms with Crippen molar-refractivity contribution in [3.8, 4) is 17.0 Å². The molecule has 0 aliphatic carbocycles. The van der Waals surface area contributed by atoms with E-state index in [0.29, 0.717) is 11.3 Å². The van der Waals surface area contributed by atoms with Gasteiger partial charge in [0, 0.05) is 5.56 Å². The molecular weight excluding hydrogens is 210 g/mol. The minimum Gasteiger partial charge on any atom is -0.508 e. The van der Waals surface area contributed by atoms with Crippen molar-refractivity contribution in [1.29, 1.82) is 0 Å². The third-order valence-electron chi connectivity index (χ3n) is 2.04. The van der Waals surface area contributed by atoms with Gasteiger partial charge in [-0.3, -0.25) is 4.79 Å². The highest BCUT2D eigenvalue weighted by Crippen LogP contribution is 2.21. The Morgan fingerprint density at radius 1 is 1.44 bits per heavy atom. The zero-order valence-electron chi connectivity index (χ0n) is 8.24. The number of hydrogen-bond donors (Lipinski definition) is 2. The molecule has 0 atom stereocenters. The van der Waals surface area contributed by atoms with Gasteiger partial charge in [-0.1, -0.05) is 17.3 Å². The van der Waals surface area contributed by atoms with Crippen LogP contribution in [-0.2, 0) is 11.3 Å². The van der Waals surface area contributed by atoms with Gasteiger partial charge in [-0.05, 0) is 12.1 Å². The molecule has 2 aromatic rings. The van der Waals surface area contributed by atoms with E-state index in [9.17, 15) is 9.90 Å². The lowest BCUT2D eigenvalue weighted by Gasteiger charge is -2.03. The fourth-order valence-corrected chi connectivity index (χ4v) is 1.39. The van der Waals surface area contributed by atoms with Crippen molar-refractivity contribution >= 4 is 5.97 Å². The third kappa shape index (κ3) is 2.00. The van der Waals surface area contributed by atoms with Gasteiger partial charge in [0.05, 0.1) is 11.9 Å². The van der Waals surface area contributed by atoms with Gasteiger partial charge < -0.3 is 10.2 Å². The SMILES string of the molecule is O=C(O)Cn1nncc1-c1cccc(O)c1. The van der Waals surface area contributed by atoms with Crippen molar-refractivity contribution in [2.75, 3.05) is 0 Å². The number of carbonyl (C=O) groups is 1. The lowest BCUT2D eigenvalue weighted by atomic mass is 10.1.